The van der Waals surface area contributed by atoms with E-state index in [0.717, 1.165) is 30.5 Å². The molecule has 0 aliphatic heterocycles. The lowest BCUT2D eigenvalue weighted by molar-refractivity contribution is -0.161. The molecule has 0 saturated heterocycles. The highest BCUT2D eigenvalue weighted by Crippen LogP contribution is 2.58. The summed E-state index contributed by atoms with van der Waals surface area (Å²) >= 11 is 0. The highest BCUT2D eigenvalue weighted by atomic mass is 16.5. The minimum Gasteiger partial charge on any atom is -0.378 e. The van der Waals surface area contributed by atoms with Crippen molar-refractivity contribution >= 4 is 11.6 Å². The third-order valence-corrected chi connectivity index (χ3v) is 6.51. The Morgan fingerprint density at radius 3 is 2.52 bits per heavy atom. The van der Waals surface area contributed by atoms with Crippen LogP contribution in [0.15, 0.2) is 36.9 Å². The summed E-state index contributed by atoms with van der Waals surface area (Å²) < 4.78 is 6.00. The molecule has 1 aromatic rings. The maximum atomic E-state index is 11.4. The van der Waals surface area contributed by atoms with E-state index in [0.29, 0.717) is 0 Å². The molecule has 134 valence electrons. The molecule has 4 nitrogen and oxygen atoms in total. The Kier molecular flexibility index (Phi) is 4.20. The molecule has 5 rings (SSSR count). The van der Waals surface area contributed by atoms with E-state index in [4.69, 9.17) is 4.74 Å². The van der Waals surface area contributed by atoms with Crippen molar-refractivity contribution in [3.63, 3.8) is 0 Å². The number of ether oxygens (including phenoxy) is 1. The van der Waals surface area contributed by atoms with Gasteiger partial charge in [0.1, 0.15) is 0 Å². The Bertz CT molecular complexity index is 653. The number of hydrogen-bond acceptors (Lipinski definition) is 3. The molecular formula is C21H28N2O2. The van der Waals surface area contributed by atoms with E-state index < -0.39 is 0 Å². The van der Waals surface area contributed by atoms with Gasteiger partial charge in [-0.1, -0.05) is 18.7 Å². The van der Waals surface area contributed by atoms with Crippen LogP contribution in [0.1, 0.15) is 44.1 Å². The van der Waals surface area contributed by atoms with Gasteiger partial charge in [0.05, 0.1) is 5.60 Å². The maximum Gasteiger partial charge on any atom is 0.247 e. The van der Waals surface area contributed by atoms with Gasteiger partial charge in [0.15, 0.2) is 0 Å². The van der Waals surface area contributed by atoms with Crippen LogP contribution in [0.25, 0.3) is 0 Å². The first kappa shape index (κ1) is 16.8. The molecular weight excluding hydrogens is 312 g/mol. The monoisotopic (exact) mass is 340 g/mol. The van der Waals surface area contributed by atoms with Gasteiger partial charge in [-0.3, -0.25) is 4.79 Å². The molecule has 4 aliphatic rings. The molecule has 0 aromatic heterocycles. The predicted molar refractivity (Wildman–Crippen MR) is 99.3 cm³/mol. The Labute approximate surface area is 150 Å². The Balaban J connectivity index is 1.41. The average molecular weight is 340 g/mol. The summed E-state index contributed by atoms with van der Waals surface area (Å²) in [4.78, 5) is 11.4. The quantitative estimate of drug-likeness (QED) is 0.778. The predicted octanol–water partition coefficient (Wildman–Crippen LogP) is 3.64. The molecule has 4 heteroatoms. The molecule has 1 aromatic carbocycles. The lowest BCUT2D eigenvalue weighted by atomic mass is 9.51. The number of rotatable bonds is 6. The maximum absolute atomic E-state index is 11.4. The average Bonchev–Trinajstić information content (AvgIpc) is 2.60. The highest BCUT2D eigenvalue weighted by molar-refractivity contribution is 5.98. The number of benzene rings is 1. The molecule has 25 heavy (non-hydrogen) atoms. The third kappa shape index (κ3) is 3.25. The van der Waals surface area contributed by atoms with Crippen LogP contribution >= 0.6 is 0 Å². The number of carbonyl (C=O) groups is 1. The third-order valence-electron chi connectivity index (χ3n) is 6.51. The number of nitrogens with one attached hydrogen (secondary N) is 2. The van der Waals surface area contributed by atoms with Crippen molar-refractivity contribution in [2.45, 2.75) is 56.2 Å². The van der Waals surface area contributed by atoms with E-state index in [1.54, 1.807) is 0 Å². The lowest BCUT2D eigenvalue weighted by Gasteiger charge is -2.61. The standard InChI is InChI=1S/C21H28N2O2/c1-3-19(24)23-18-6-4-15(5-7-18)13-22-20-9-16-8-17(10-20)12-21(11-16,14-20)25-2/h3-7,16-17,22H,1,8-14H2,2H3,(H,23,24). The first-order valence-electron chi connectivity index (χ1n) is 9.36. The summed E-state index contributed by atoms with van der Waals surface area (Å²) in [5, 5.41) is 6.68. The second kappa shape index (κ2) is 6.26. The summed E-state index contributed by atoms with van der Waals surface area (Å²) in [5.41, 5.74) is 2.42. The van der Waals surface area contributed by atoms with Crippen molar-refractivity contribution in [1.29, 1.82) is 0 Å². The van der Waals surface area contributed by atoms with Gasteiger partial charge < -0.3 is 15.4 Å². The molecule has 2 N–H and O–H groups in total. The van der Waals surface area contributed by atoms with Gasteiger partial charge in [-0.15, -0.1) is 0 Å². The van der Waals surface area contributed by atoms with Crippen molar-refractivity contribution in [3.05, 3.63) is 42.5 Å². The molecule has 4 aliphatic carbocycles. The van der Waals surface area contributed by atoms with Crippen molar-refractivity contribution in [2.75, 3.05) is 12.4 Å². The van der Waals surface area contributed by atoms with Crippen LogP contribution in [0.4, 0.5) is 5.69 Å². The smallest absolute Gasteiger partial charge is 0.247 e. The molecule has 4 fully saturated rings. The van der Waals surface area contributed by atoms with Crippen LogP contribution in [-0.4, -0.2) is 24.2 Å². The number of hydrogen-bond donors (Lipinski definition) is 2. The SMILES string of the molecule is C=CC(=O)Nc1ccc(CNC23CC4CC(C2)CC(OC)(C4)C3)cc1. The summed E-state index contributed by atoms with van der Waals surface area (Å²) in [5.74, 6) is 1.47. The minimum atomic E-state index is -0.177. The Morgan fingerprint density at radius 2 is 1.92 bits per heavy atom. The first-order valence-corrected chi connectivity index (χ1v) is 9.36. The molecule has 1 amide bonds. The van der Waals surface area contributed by atoms with E-state index in [1.165, 1.54) is 43.7 Å². The summed E-state index contributed by atoms with van der Waals surface area (Å²) in [6, 6.07) is 8.07. The van der Waals surface area contributed by atoms with Crippen LogP contribution in [0.2, 0.25) is 0 Å². The number of anilines is 1. The van der Waals surface area contributed by atoms with Crippen molar-refractivity contribution in [2.24, 2.45) is 11.8 Å². The largest absolute Gasteiger partial charge is 0.378 e. The fraction of sp³-hybridized carbons (Fsp3) is 0.571. The molecule has 0 spiro atoms. The number of amides is 1. The molecule has 4 bridgehead atoms. The van der Waals surface area contributed by atoms with Crippen LogP contribution < -0.4 is 10.6 Å². The molecule has 2 atom stereocenters. The normalized spacial score (nSPS) is 35.6. The first-order chi connectivity index (χ1) is 12.0. The number of carbonyl (C=O) groups excluding carboxylic acids is 1. The lowest BCUT2D eigenvalue weighted by Crippen LogP contribution is -2.64. The molecule has 0 heterocycles. The van der Waals surface area contributed by atoms with Gasteiger partial charge in [0.25, 0.3) is 0 Å². The Morgan fingerprint density at radius 1 is 1.24 bits per heavy atom. The fourth-order valence-corrected chi connectivity index (χ4v) is 5.81. The minimum absolute atomic E-state index is 0.121. The molecule has 0 radical (unpaired) electrons. The van der Waals surface area contributed by atoms with Crippen LogP contribution in [0.3, 0.4) is 0 Å². The second-order valence-corrected chi connectivity index (χ2v) is 8.37. The van der Waals surface area contributed by atoms with Gasteiger partial charge in [0.2, 0.25) is 5.91 Å². The van der Waals surface area contributed by atoms with Crippen molar-refractivity contribution < 1.29 is 9.53 Å². The summed E-state index contributed by atoms with van der Waals surface area (Å²) in [7, 11) is 1.90. The second-order valence-electron chi connectivity index (χ2n) is 8.37. The van der Waals surface area contributed by atoms with Crippen molar-refractivity contribution in [1.82, 2.24) is 5.32 Å². The molecule has 4 saturated carbocycles. The van der Waals surface area contributed by atoms with Gasteiger partial charge in [-0.05, 0) is 74.1 Å². The zero-order chi connectivity index (χ0) is 17.5. The Hall–Kier alpha value is -1.65. The van der Waals surface area contributed by atoms with E-state index in [1.807, 2.05) is 19.2 Å². The van der Waals surface area contributed by atoms with Gasteiger partial charge >= 0.3 is 0 Å². The van der Waals surface area contributed by atoms with E-state index in [-0.39, 0.29) is 17.0 Å². The zero-order valence-corrected chi connectivity index (χ0v) is 15.0. The van der Waals surface area contributed by atoms with Crippen LogP contribution in [0, 0.1) is 11.8 Å². The number of methoxy groups -OCH3 is 1. The van der Waals surface area contributed by atoms with Gasteiger partial charge in [0, 0.05) is 24.9 Å². The van der Waals surface area contributed by atoms with E-state index in [9.17, 15) is 4.79 Å². The van der Waals surface area contributed by atoms with Crippen molar-refractivity contribution in [3.8, 4) is 0 Å². The molecule has 2 unspecified atom stereocenters. The summed E-state index contributed by atoms with van der Waals surface area (Å²) in [6.45, 7) is 4.34. The zero-order valence-electron chi connectivity index (χ0n) is 15.0. The topological polar surface area (TPSA) is 50.4 Å². The fourth-order valence-electron chi connectivity index (χ4n) is 5.81. The van der Waals surface area contributed by atoms with E-state index >= 15 is 0 Å². The summed E-state index contributed by atoms with van der Waals surface area (Å²) in [6.07, 6.45) is 8.92. The van der Waals surface area contributed by atoms with Crippen LogP contribution in [0.5, 0.6) is 0 Å². The van der Waals surface area contributed by atoms with Gasteiger partial charge in [-0.25, -0.2) is 0 Å². The van der Waals surface area contributed by atoms with E-state index in [2.05, 4.69) is 29.3 Å². The van der Waals surface area contributed by atoms with Gasteiger partial charge in [-0.2, -0.15) is 0 Å². The highest BCUT2D eigenvalue weighted by Gasteiger charge is 2.57. The van der Waals surface area contributed by atoms with Crippen LogP contribution in [-0.2, 0) is 16.1 Å².